The Morgan fingerprint density at radius 3 is 1.95 bits per heavy atom. The normalized spacial score (nSPS) is 27.4. The highest BCUT2D eigenvalue weighted by Gasteiger charge is 2.52. The molecule has 39 heteroatoms. The number of aliphatic hydroxyl groups is 5. The first-order valence-electron chi connectivity index (χ1n) is 34.9. The number of hydrogen-bond acceptors (Lipinski definition) is 28. The van der Waals surface area contributed by atoms with Crippen LogP contribution >= 0.6 is 35.0 Å². The van der Waals surface area contributed by atoms with Crippen molar-refractivity contribution >= 4 is 82.3 Å². The molecular formula is C74H82Cl2N12O24S. The number of aliphatic carboxylic acids is 1. The van der Waals surface area contributed by atoms with Crippen molar-refractivity contribution in [2.45, 2.75) is 170 Å². The van der Waals surface area contributed by atoms with Crippen molar-refractivity contribution < 1.29 is 118 Å². The predicted molar refractivity (Wildman–Crippen MR) is 397 cm³/mol. The van der Waals surface area contributed by atoms with Gasteiger partial charge in [0, 0.05) is 46.4 Å². The number of carboxylic acid groups (broad SMARTS) is 1. The summed E-state index contributed by atoms with van der Waals surface area (Å²) in [6.45, 7) is 8.26. The van der Waals surface area contributed by atoms with Crippen LogP contribution < -0.4 is 57.6 Å². The summed E-state index contributed by atoms with van der Waals surface area (Å²) < 4.78 is 41.0. The molecule has 602 valence electrons. The highest BCUT2D eigenvalue weighted by atomic mass is 35.5. The number of halogens is 2. The number of aliphatic hydroxyl groups excluding tert-OH is 5. The lowest BCUT2D eigenvalue weighted by molar-refractivity contribution is -0.329. The summed E-state index contributed by atoms with van der Waals surface area (Å²) in [4.78, 5) is 118. The smallest absolute Gasteiger partial charge is 0.330 e. The van der Waals surface area contributed by atoms with E-state index in [1.807, 2.05) is 13.8 Å². The van der Waals surface area contributed by atoms with E-state index in [1.54, 1.807) is 6.92 Å². The number of aromatic hydroxyl groups is 4. The van der Waals surface area contributed by atoms with Crippen molar-refractivity contribution in [2.75, 3.05) is 5.75 Å². The summed E-state index contributed by atoms with van der Waals surface area (Å²) in [7, 11) is 0. The average molecular weight is 1630 g/mol. The van der Waals surface area contributed by atoms with E-state index in [0.717, 1.165) is 78.5 Å². The Labute approximate surface area is 657 Å². The van der Waals surface area contributed by atoms with Gasteiger partial charge in [-0.15, -0.1) is 5.10 Å². The summed E-state index contributed by atoms with van der Waals surface area (Å²) in [6.07, 6.45) is -18.4. The molecule has 6 aromatic carbocycles. The minimum Gasteiger partial charge on any atom is -0.508 e. The van der Waals surface area contributed by atoms with Crippen LogP contribution in [0.2, 0.25) is 10.0 Å². The summed E-state index contributed by atoms with van der Waals surface area (Å²) in [5.74, 6) is -17.0. The largest absolute Gasteiger partial charge is 0.508 e. The van der Waals surface area contributed by atoms with E-state index in [-0.39, 0.29) is 70.3 Å². The molecule has 8 heterocycles. The third kappa shape index (κ3) is 17.9. The quantitative estimate of drug-likeness (QED) is 0.0655. The number of tetrazole rings is 1. The van der Waals surface area contributed by atoms with Gasteiger partial charge in [-0.05, 0) is 138 Å². The topological polar surface area (TPSA) is 562 Å². The number of carbonyl (C=O) groups excluding carboxylic acids is 7. The Hall–Kier alpha value is -10.7. The van der Waals surface area contributed by atoms with E-state index in [0.29, 0.717) is 5.69 Å². The summed E-state index contributed by atoms with van der Waals surface area (Å²) >= 11 is 15.2. The second kappa shape index (κ2) is 33.9. The Morgan fingerprint density at radius 2 is 1.33 bits per heavy atom. The summed E-state index contributed by atoms with van der Waals surface area (Å²) in [6, 6.07) is 6.21. The second-order valence-electron chi connectivity index (χ2n) is 28.3. The van der Waals surface area contributed by atoms with Crippen LogP contribution in [0.1, 0.15) is 119 Å². The van der Waals surface area contributed by atoms with Gasteiger partial charge in [0.2, 0.25) is 58.5 Å². The number of ether oxygens (including phenoxy) is 6. The number of fused-ring (bicyclic) bond motifs is 15. The van der Waals surface area contributed by atoms with Gasteiger partial charge in [0.1, 0.15) is 89.1 Å². The van der Waals surface area contributed by atoms with E-state index in [1.165, 1.54) is 54.9 Å². The standard InChI is InChI=1S/C73H78Cl2N12O24S.CH4/c1-27(2)16-28(3)64(98)82-55-57(93)31-7-14-44(39(74)18-31)107-46-20-33-21-47(61(46)111-71-62(110-50-25-73(5,77)63(97)29(4)106-50)60(96)59(95)48(109-71)26-112-72-84-85-86-87(72)34-9-11-35(88)12-10-34)108-45-15-8-32(19-40(45)75)58(94)56-69(103)81-54(70(104)105)38-22-36(89)23-43(91)51(38)37-17-30(6-13-42(37)90)52(66(100)83-56)80-67(101)53(33)79-65(99)41(24-49(76)92)78-68(55)102;/h6-15,17-23,27-29,41,48,50,52-60,62-63,71,88-91,93-97H,16,24-26,77H2,1-5H3,(H2,76,92)(H,78,102)(H,79,99)(H,80,101)(H,81,103)(H,82,98)(H,83,100)(H,104,105);1H4/t28-,29?,41-,48?,50?,52?,53+,54+,55+,56-,57+,58+,59?,60?,62?,63?,71?,73?;/m0./s1. The lowest BCUT2D eigenvalue weighted by Gasteiger charge is -2.47. The molecule has 0 radical (unpaired) electrons. The number of amides is 7. The van der Waals surface area contributed by atoms with Crippen molar-refractivity contribution in [3.63, 3.8) is 0 Å². The van der Waals surface area contributed by atoms with Crippen LogP contribution in [0.5, 0.6) is 51.7 Å². The zero-order chi connectivity index (χ0) is 80.8. The van der Waals surface area contributed by atoms with Gasteiger partial charge in [0.25, 0.3) is 0 Å². The van der Waals surface area contributed by atoms with Crippen LogP contribution in [0.15, 0.2) is 108 Å². The number of nitrogens with zero attached hydrogens (tertiary/aromatic N) is 4. The summed E-state index contributed by atoms with van der Waals surface area (Å²) in [5, 5.41) is 142. The van der Waals surface area contributed by atoms with E-state index >= 15 is 14.4 Å². The lowest BCUT2D eigenvalue weighted by atomic mass is 9.86. The van der Waals surface area contributed by atoms with Crippen LogP contribution in [0.25, 0.3) is 16.8 Å². The van der Waals surface area contributed by atoms with Gasteiger partial charge < -0.3 is 123 Å². The molecule has 1 aromatic heterocycles. The molecule has 7 aliphatic heterocycles. The van der Waals surface area contributed by atoms with Gasteiger partial charge >= 0.3 is 5.97 Å². The summed E-state index contributed by atoms with van der Waals surface area (Å²) in [5.41, 5.74) is 8.52. The highest BCUT2D eigenvalue weighted by Crippen LogP contribution is 2.50. The van der Waals surface area contributed by atoms with Crippen molar-refractivity contribution in [2.24, 2.45) is 23.3 Å². The number of thioether (sulfide) groups is 1. The number of benzene rings is 6. The lowest BCUT2D eigenvalue weighted by Crippen LogP contribution is -2.64. The number of nitrogens with two attached hydrogens (primary N) is 2. The molecule has 0 aliphatic carbocycles. The third-order valence-electron chi connectivity index (χ3n) is 19.4. The molecule has 36 nitrogen and oxygen atoms in total. The molecule has 7 aliphatic rings. The van der Waals surface area contributed by atoms with Gasteiger partial charge in [0.05, 0.1) is 40.5 Å². The van der Waals surface area contributed by atoms with E-state index in [2.05, 4.69) is 47.4 Å². The molecule has 2 saturated heterocycles. The van der Waals surface area contributed by atoms with Crippen LogP contribution in [0, 0.1) is 11.8 Å². The minimum absolute atomic E-state index is 0. The van der Waals surface area contributed by atoms with E-state index < -0.39 is 230 Å². The number of aromatic nitrogens is 4. The number of phenolic OH excluding ortho intramolecular Hbond substituents is 4. The van der Waals surface area contributed by atoms with E-state index in [9.17, 15) is 75.0 Å². The second-order valence-corrected chi connectivity index (χ2v) is 30.1. The average Bonchev–Trinajstić information content (AvgIpc) is 1.14. The zero-order valence-electron chi connectivity index (χ0n) is 59.8. The van der Waals surface area contributed by atoms with Crippen molar-refractivity contribution in [3.8, 4) is 68.6 Å². The number of hydrogen-bond donors (Lipinski definition) is 18. The number of carbonyl (C=O) groups is 8. The van der Waals surface area contributed by atoms with Crippen LogP contribution in [0.3, 0.4) is 0 Å². The van der Waals surface area contributed by atoms with Gasteiger partial charge in [-0.1, -0.05) is 81.4 Å². The van der Waals surface area contributed by atoms with Crippen molar-refractivity contribution in [1.82, 2.24) is 52.1 Å². The van der Waals surface area contributed by atoms with Gasteiger partial charge in [-0.2, -0.15) is 4.68 Å². The molecule has 10 unspecified atom stereocenters. The maximum atomic E-state index is 16.2. The number of phenols is 4. The van der Waals surface area contributed by atoms with Crippen molar-refractivity contribution in [1.29, 1.82) is 0 Å². The number of primary amides is 1. The fourth-order valence-electron chi connectivity index (χ4n) is 13.7. The molecule has 20 N–H and O–H groups in total. The molecule has 14 rings (SSSR count). The number of nitrogens with one attached hydrogen (secondary N) is 6. The first-order chi connectivity index (χ1) is 53.0. The monoisotopic (exact) mass is 1620 g/mol. The molecule has 11 bridgehead atoms. The maximum Gasteiger partial charge on any atom is 0.330 e. The Bertz CT molecular complexity index is 4830. The number of rotatable bonds is 15. The third-order valence-corrected chi connectivity index (χ3v) is 21.0. The SMILES string of the molecule is C.CC(C)C[C@H](C)C(=O)N[C@H]1C(=O)N[C@@H](CC(N)=O)C(=O)N[C@H]2C(=O)NC3C(=O)N[C@H](C(=O)N[C@@H](C(=O)O)c4cc(O)cc(O)c4-c4cc3ccc4O)[C@H](O)c3ccc(c(Cl)c3)Oc3cc2cc(c3OC2OC(CSc3nnnn3-c3ccc(O)cc3)C(O)C(O)C2OC2CC(C)(N)C(O)C(C)O2)Oc2ccc(cc2Cl)[C@H]1O. The number of carboxylic acids is 1. The molecule has 0 saturated carbocycles. The Morgan fingerprint density at radius 1 is 0.708 bits per heavy atom. The molecule has 113 heavy (non-hydrogen) atoms. The fraction of sp³-hybridized carbons (Fsp3) is 0.392. The van der Waals surface area contributed by atoms with Crippen molar-refractivity contribution in [3.05, 3.63) is 141 Å². The van der Waals surface area contributed by atoms with Gasteiger partial charge in [-0.25, -0.2) is 4.79 Å². The zero-order valence-corrected chi connectivity index (χ0v) is 62.2. The molecular weight excluding hydrogens is 1540 g/mol. The predicted octanol–water partition coefficient (Wildman–Crippen LogP) is 3.27. The van der Waals surface area contributed by atoms with Crippen LogP contribution in [0.4, 0.5) is 0 Å². The van der Waals surface area contributed by atoms with E-state index in [4.69, 9.17) is 63.1 Å². The molecule has 0 spiro atoms. The van der Waals surface area contributed by atoms with Crippen LogP contribution in [-0.4, -0.2) is 197 Å². The Balaban J connectivity index is 0.0000126. The first-order valence-corrected chi connectivity index (χ1v) is 36.6. The first kappa shape index (κ1) is 83.3. The molecule has 7 amide bonds. The fourth-order valence-corrected chi connectivity index (χ4v) is 15.1. The Kier molecular flexibility index (Phi) is 25.0. The van der Waals surface area contributed by atoms with Crippen LogP contribution in [-0.2, 0) is 52.6 Å². The molecule has 18 atom stereocenters. The van der Waals surface area contributed by atoms with Gasteiger partial charge in [-0.3, -0.25) is 33.6 Å². The minimum atomic E-state index is -2.36. The molecule has 7 aromatic rings. The van der Waals surface area contributed by atoms with Gasteiger partial charge in [0.15, 0.2) is 29.9 Å². The maximum absolute atomic E-state index is 16.2. The molecule has 2 fully saturated rings. The highest BCUT2D eigenvalue weighted by molar-refractivity contribution is 7.99.